The van der Waals surface area contributed by atoms with Gasteiger partial charge in [-0.05, 0) is 48.6 Å². The number of rotatable bonds is 4. The Morgan fingerprint density at radius 2 is 2.06 bits per heavy atom. The molecule has 0 N–H and O–H groups in total. The molecule has 6 heteroatoms. The van der Waals surface area contributed by atoms with Gasteiger partial charge >= 0.3 is 0 Å². The maximum atomic E-state index is 13.2. The summed E-state index contributed by atoms with van der Waals surface area (Å²) >= 11 is 0. The standard InChI is InChI=1S/C25H29N3O3/c1-30-24(18-7-3-2-4-8-18)19-10-11-22-20(15-19)16-28(13-14-31-22)25(29)21-17-27-12-6-5-9-23(27)26-21/h5-6,9-12,15,17-18,24H,2-4,7-8,13-14,16H2,1H3. The van der Waals surface area contributed by atoms with Gasteiger partial charge in [0, 0.05) is 31.6 Å². The maximum Gasteiger partial charge on any atom is 0.274 e. The van der Waals surface area contributed by atoms with Gasteiger partial charge in [0.15, 0.2) is 0 Å². The fraction of sp³-hybridized carbons (Fsp3) is 0.440. The van der Waals surface area contributed by atoms with Crippen LogP contribution in [0.2, 0.25) is 0 Å². The van der Waals surface area contributed by atoms with Crippen molar-refractivity contribution in [2.45, 2.75) is 44.8 Å². The summed E-state index contributed by atoms with van der Waals surface area (Å²) in [5.41, 5.74) is 3.45. The summed E-state index contributed by atoms with van der Waals surface area (Å²) in [7, 11) is 1.81. The summed E-state index contributed by atoms with van der Waals surface area (Å²) in [6, 6.07) is 12.1. The minimum Gasteiger partial charge on any atom is -0.491 e. The Morgan fingerprint density at radius 3 is 2.87 bits per heavy atom. The molecule has 3 aromatic rings. The second kappa shape index (κ2) is 8.71. The number of hydrogen-bond donors (Lipinski definition) is 0. The van der Waals surface area contributed by atoms with Crippen molar-refractivity contribution in [1.82, 2.24) is 14.3 Å². The number of hydrogen-bond acceptors (Lipinski definition) is 4. The quantitative estimate of drug-likeness (QED) is 0.618. The predicted octanol–water partition coefficient (Wildman–Crippen LogP) is 4.64. The van der Waals surface area contributed by atoms with Crippen LogP contribution >= 0.6 is 0 Å². The van der Waals surface area contributed by atoms with E-state index in [1.807, 2.05) is 39.8 Å². The fourth-order valence-electron chi connectivity index (χ4n) is 5.00. The van der Waals surface area contributed by atoms with E-state index in [4.69, 9.17) is 9.47 Å². The molecule has 1 saturated carbocycles. The fourth-order valence-corrected chi connectivity index (χ4v) is 5.00. The van der Waals surface area contributed by atoms with Gasteiger partial charge < -0.3 is 18.8 Å². The van der Waals surface area contributed by atoms with Crippen LogP contribution in [0.15, 0.2) is 48.8 Å². The van der Waals surface area contributed by atoms with Gasteiger partial charge in [-0.3, -0.25) is 4.79 Å². The highest BCUT2D eigenvalue weighted by molar-refractivity contribution is 5.93. The number of carbonyl (C=O) groups excluding carboxylic acids is 1. The zero-order chi connectivity index (χ0) is 21.2. The summed E-state index contributed by atoms with van der Waals surface area (Å²) < 4.78 is 13.8. The molecule has 0 radical (unpaired) electrons. The Kier molecular flexibility index (Phi) is 5.64. The van der Waals surface area contributed by atoms with E-state index < -0.39 is 0 Å². The molecule has 31 heavy (non-hydrogen) atoms. The molecule has 162 valence electrons. The molecular weight excluding hydrogens is 390 g/mol. The van der Waals surface area contributed by atoms with Crippen LogP contribution in [0, 0.1) is 5.92 Å². The Morgan fingerprint density at radius 1 is 1.19 bits per heavy atom. The van der Waals surface area contributed by atoms with E-state index in [1.54, 1.807) is 13.3 Å². The Labute approximate surface area is 182 Å². The Balaban J connectivity index is 1.40. The molecule has 1 aromatic carbocycles. The summed E-state index contributed by atoms with van der Waals surface area (Å²) in [5, 5.41) is 0. The normalized spacial score (nSPS) is 18.3. The van der Waals surface area contributed by atoms with Gasteiger partial charge in [-0.1, -0.05) is 31.4 Å². The molecule has 3 heterocycles. The van der Waals surface area contributed by atoms with Gasteiger partial charge in [-0.25, -0.2) is 4.98 Å². The van der Waals surface area contributed by atoms with Crippen molar-refractivity contribution in [2.75, 3.05) is 20.3 Å². The third kappa shape index (κ3) is 4.04. The van der Waals surface area contributed by atoms with E-state index in [9.17, 15) is 4.79 Å². The number of nitrogens with zero attached hydrogens (tertiary/aromatic N) is 3. The molecule has 5 rings (SSSR count). The van der Waals surface area contributed by atoms with Crippen molar-refractivity contribution in [3.05, 3.63) is 65.6 Å². The van der Waals surface area contributed by atoms with Crippen molar-refractivity contribution in [3.63, 3.8) is 0 Å². The van der Waals surface area contributed by atoms with E-state index in [-0.39, 0.29) is 12.0 Å². The number of carbonyl (C=O) groups is 1. The van der Waals surface area contributed by atoms with Gasteiger partial charge in [-0.15, -0.1) is 0 Å². The van der Waals surface area contributed by atoms with Gasteiger partial charge in [-0.2, -0.15) is 0 Å². The average Bonchev–Trinajstić information content (AvgIpc) is 3.13. The monoisotopic (exact) mass is 419 g/mol. The number of methoxy groups -OCH3 is 1. The lowest BCUT2D eigenvalue weighted by Gasteiger charge is -2.30. The Hall–Kier alpha value is -2.86. The van der Waals surface area contributed by atoms with Gasteiger partial charge in [0.1, 0.15) is 23.7 Å². The molecule has 2 aliphatic rings. The molecular formula is C25H29N3O3. The van der Waals surface area contributed by atoms with Crippen molar-refractivity contribution < 1.29 is 14.3 Å². The van der Waals surface area contributed by atoms with E-state index >= 15 is 0 Å². The first-order valence-corrected chi connectivity index (χ1v) is 11.2. The van der Waals surface area contributed by atoms with Crippen molar-refractivity contribution in [1.29, 1.82) is 0 Å². The minimum atomic E-state index is -0.0684. The summed E-state index contributed by atoms with van der Waals surface area (Å²) in [4.78, 5) is 19.6. The number of ether oxygens (including phenoxy) is 2. The highest BCUT2D eigenvalue weighted by Gasteiger charge is 2.27. The third-order valence-electron chi connectivity index (χ3n) is 6.60. The van der Waals surface area contributed by atoms with Crippen LogP contribution in [-0.2, 0) is 11.3 Å². The lowest BCUT2D eigenvalue weighted by Crippen LogP contribution is -2.32. The van der Waals surface area contributed by atoms with Crippen LogP contribution in [0.3, 0.4) is 0 Å². The third-order valence-corrected chi connectivity index (χ3v) is 6.60. The van der Waals surface area contributed by atoms with Gasteiger partial charge in [0.05, 0.1) is 12.6 Å². The molecule has 2 aromatic heterocycles. The molecule has 0 saturated heterocycles. The zero-order valence-electron chi connectivity index (χ0n) is 18.0. The summed E-state index contributed by atoms with van der Waals surface area (Å²) in [6.45, 7) is 1.52. The van der Waals surface area contributed by atoms with Gasteiger partial charge in [0.2, 0.25) is 0 Å². The number of aromatic nitrogens is 2. The topological polar surface area (TPSA) is 56.1 Å². The summed E-state index contributed by atoms with van der Waals surface area (Å²) in [5.74, 6) is 1.34. The van der Waals surface area contributed by atoms with Crippen molar-refractivity contribution in [3.8, 4) is 5.75 Å². The molecule has 1 unspecified atom stereocenters. The average molecular weight is 420 g/mol. The van der Waals surface area contributed by atoms with Crippen LogP contribution < -0.4 is 4.74 Å². The molecule has 1 atom stereocenters. The molecule has 1 aliphatic heterocycles. The molecule has 6 nitrogen and oxygen atoms in total. The van der Waals surface area contributed by atoms with Crippen LogP contribution in [0.25, 0.3) is 5.65 Å². The predicted molar refractivity (Wildman–Crippen MR) is 118 cm³/mol. The minimum absolute atomic E-state index is 0.0684. The Bertz CT molecular complexity index is 1040. The first-order valence-electron chi connectivity index (χ1n) is 11.2. The van der Waals surface area contributed by atoms with E-state index in [1.165, 1.54) is 37.7 Å². The smallest absolute Gasteiger partial charge is 0.274 e. The number of pyridine rings is 1. The number of fused-ring (bicyclic) bond motifs is 2. The maximum absolute atomic E-state index is 13.2. The highest BCUT2D eigenvalue weighted by Crippen LogP contribution is 2.38. The molecule has 1 amide bonds. The number of imidazole rings is 1. The summed E-state index contributed by atoms with van der Waals surface area (Å²) in [6.07, 6.45) is 10.1. The van der Waals surface area contributed by atoms with Crippen molar-refractivity contribution in [2.24, 2.45) is 5.92 Å². The van der Waals surface area contributed by atoms with Crippen LogP contribution in [0.1, 0.15) is 59.8 Å². The lowest BCUT2D eigenvalue weighted by molar-refractivity contribution is 0.0353. The van der Waals surface area contributed by atoms with E-state index in [2.05, 4.69) is 17.1 Å². The first kappa shape index (κ1) is 20.1. The largest absolute Gasteiger partial charge is 0.491 e. The number of benzene rings is 1. The molecule has 0 spiro atoms. The lowest BCUT2D eigenvalue weighted by atomic mass is 9.82. The number of amides is 1. The van der Waals surface area contributed by atoms with Gasteiger partial charge in [0.25, 0.3) is 5.91 Å². The second-order valence-corrected chi connectivity index (χ2v) is 8.59. The van der Waals surface area contributed by atoms with Crippen LogP contribution in [0.5, 0.6) is 5.75 Å². The van der Waals surface area contributed by atoms with Crippen LogP contribution in [-0.4, -0.2) is 40.5 Å². The molecule has 1 aliphatic carbocycles. The first-order chi connectivity index (χ1) is 15.2. The zero-order valence-corrected chi connectivity index (χ0v) is 18.0. The van der Waals surface area contributed by atoms with E-state index in [0.29, 0.717) is 31.3 Å². The van der Waals surface area contributed by atoms with Crippen molar-refractivity contribution >= 4 is 11.6 Å². The van der Waals surface area contributed by atoms with E-state index in [0.717, 1.165) is 17.0 Å². The highest BCUT2D eigenvalue weighted by atomic mass is 16.5. The second-order valence-electron chi connectivity index (χ2n) is 8.59. The molecule has 0 bridgehead atoms. The molecule has 1 fully saturated rings. The SMILES string of the molecule is COC(c1ccc2c(c1)CN(C(=O)c1cn3ccccc3n1)CCO2)C1CCCCC1. The van der Waals surface area contributed by atoms with Crippen LogP contribution in [0.4, 0.5) is 0 Å².